The normalized spacial score (nSPS) is 15.4. The van der Waals surface area contributed by atoms with Crippen molar-refractivity contribution in [1.82, 2.24) is 0 Å². The summed E-state index contributed by atoms with van der Waals surface area (Å²) in [5.41, 5.74) is 1.56. The van der Waals surface area contributed by atoms with E-state index in [1.807, 2.05) is 0 Å². The summed E-state index contributed by atoms with van der Waals surface area (Å²) in [6.07, 6.45) is 8.92. The van der Waals surface area contributed by atoms with E-state index in [1.165, 1.54) is 12.8 Å². The van der Waals surface area contributed by atoms with Crippen molar-refractivity contribution in [1.29, 1.82) is 0 Å². The molecule has 0 fully saturated rings. The minimum Gasteiger partial charge on any atom is -1.00 e. The van der Waals surface area contributed by atoms with Gasteiger partial charge in [-0.25, -0.2) is 0 Å². The van der Waals surface area contributed by atoms with Crippen molar-refractivity contribution in [3.63, 3.8) is 0 Å². The SMILES string of the molecule is CCC1=CC=CC1.[Ba+2].[H-].[H-]. The summed E-state index contributed by atoms with van der Waals surface area (Å²) in [5, 5.41) is 0. The van der Waals surface area contributed by atoms with Crippen LogP contribution in [0.25, 0.3) is 0 Å². The maximum atomic E-state index is 2.19. The van der Waals surface area contributed by atoms with Crippen LogP contribution in [0, 0.1) is 0 Å². The monoisotopic (exact) mass is 234 g/mol. The number of hydrogen-bond donors (Lipinski definition) is 0. The molecule has 0 atom stereocenters. The maximum absolute atomic E-state index is 2.19. The molecule has 0 heterocycles. The van der Waals surface area contributed by atoms with Crippen molar-refractivity contribution >= 4 is 48.9 Å². The summed E-state index contributed by atoms with van der Waals surface area (Å²) in [6.45, 7) is 2.19. The van der Waals surface area contributed by atoms with Crippen molar-refractivity contribution in [2.75, 3.05) is 0 Å². The second-order valence-corrected chi connectivity index (χ2v) is 1.81. The van der Waals surface area contributed by atoms with Gasteiger partial charge in [-0.3, -0.25) is 0 Å². The van der Waals surface area contributed by atoms with Crippen molar-refractivity contribution in [2.45, 2.75) is 19.8 Å². The van der Waals surface area contributed by atoms with Gasteiger partial charge in [0.25, 0.3) is 0 Å². The van der Waals surface area contributed by atoms with Crippen molar-refractivity contribution in [3.8, 4) is 0 Å². The van der Waals surface area contributed by atoms with E-state index in [4.69, 9.17) is 0 Å². The van der Waals surface area contributed by atoms with Crippen LogP contribution in [0.1, 0.15) is 22.6 Å². The zero-order chi connectivity index (χ0) is 5.11. The fraction of sp³-hybridized carbons (Fsp3) is 0.429. The molecule has 1 aliphatic rings. The summed E-state index contributed by atoms with van der Waals surface area (Å²) >= 11 is 0. The Kier molecular flexibility index (Phi) is 5.53. The molecule has 0 unspecified atom stereocenters. The number of rotatable bonds is 1. The molecule has 0 bridgehead atoms. The van der Waals surface area contributed by atoms with Gasteiger partial charge in [-0.1, -0.05) is 30.7 Å². The van der Waals surface area contributed by atoms with Crippen LogP contribution in [-0.2, 0) is 0 Å². The Morgan fingerprint density at radius 2 is 2.50 bits per heavy atom. The van der Waals surface area contributed by atoms with Gasteiger partial charge in [-0.15, -0.1) is 0 Å². The van der Waals surface area contributed by atoms with Crippen molar-refractivity contribution in [2.24, 2.45) is 0 Å². The molecule has 1 heteroatoms. The van der Waals surface area contributed by atoms with E-state index in [1.54, 1.807) is 5.57 Å². The fourth-order valence-corrected chi connectivity index (χ4v) is 0.754. The average molecular weight is 234 g/mol. The zero-order valence-electron chi connectivity index (χ0n) is 7.35. The van der Waals surface area contributed by atoms with E-state index in [2.05, 4.69) is 25.2 Å². The molecule has 1 rings (SSSR count). The molecule has 0 aromatic carbocycles. The van der Waals surface area contributed by atoms with Crippen LogP contribution in [0.15, 0.2) is 23.8 Å². The Morgan fingerprint density at radius 3 is 2.75 bits per heavy atom. The van der Waals surface area contributed by atoms with Crippen molar-refractivity contribution < 1.29 is 2.85 Å². The van der Waals surface area contributed by atoms with Crippen LogP contribution in [-0.4, -0.2) is 48.9 Å². The van der Waals surface area contributed by atoms with Gasteiger partial charge < -0.3 is 2.85 Å². The molecule has 0 aliphatic heterocycles. The summed E-state index contributed by atoms with van der Waals surface area (Å²) < 4.78 is 0. The fourth-order valence-electron chi connectivity index (χ4n) is 0.754. The Labute approximate surface area is 94.1 Å². The standard InChI is InChI=1S/C7H10.Ba.2H/c1-2-7-5-3-4-6-7;;;/h3-5H,2,6H2,1H3;;;/q;+2;2*-1. The van der Waals surface area contributed by atoms with E-state index in [0.717, 1.165) is 0 Å². The molecule has 0 saturated carbocycles. The van der Waals surface area contributed by atoms with E-state index in [9.17, 15) is 0 Å². The molecule has 0 saturated heterocycles. The molecule has 0 aromatic rings. The molecule has 0 aromatic heterocycles. The second-order valence-electron chi connectivity index (χ2n) is 1.81. The summed E-state index contributed by atoms with van der Waals surface area (Å²) in [7, 11) is 0. The average Bonchev–Trinajstić information content (AvgIpc) is 2.14. The molecular formula is C7H12Ba. The van der Waals surface area contributed by atoms with E-state index >= 15 is 0 Å². The molecule has 0 N–H and O–H groups in total. The first-order chi connectivity index (χ1) is 3.43. The first-order valence-corrected chi connectivity index (χ1v) is 2.78. The topological polar surface area (TPSA) is 0 Å². The first kappa shape index (κ1) is 9.05. The van der Waals surface area contributed by atoms with Gasteiger partial charge in [0.05, 0.1) is 0 Å². The van der Waals surface area contributed by atoms with Crippen LogP contribution < -0.4 is 0 Å². The molecule has 1 aliphatic carbocycles. The quantitative estimate of drug-likeness (QED) is 0.609. The van der Waals surface area contributed by atoms with Crippen LogP contribution >= 0.6 is 0 Å². The third-order valence-electron chi connectivity index (χ3n) is 1.30. The van der Waals surface area contributed by atoms with Gasteiger partial charge in [0, 0.05) is 0 Å². The molecule has 0 amide bonds. The Balaban J connectivity index is -0.000000163. The third kappa shape index (κ3) is 2.56. The van der Waals surface area contributed by atoms with Gasteiger partial charge in [0.2, 0.25) is 0 Å². The molecular weight excluding hydrogens is 221 g/mol. The largest absolute Gasteiger partial charge is 2.00 e. The van der Waals surface area contributed by atoms with Crippen LogP contribution in [0.2, 0.25) is 0 Å². The van der Waals surface area contributed by atoms with E-state index in [-0.39, 0.29) is 51.7 Å². The summed E-state index contributed by atoms with van der Waals surface area (Å²) in [5.74, 6) is 0. The van der Waals surface area contributed by atoms with Gasteiger partial charge in [-0.2, -0.15) is 0 Å². The van der Waals surface area contributed by atoms with Gasteiger partial charge in [0.15, 0.2) is 0 Å². The minimum atomic E-state index is 0. The predicted molar refractivity (Wildman–Crippen MR) is 40.1 cm³/mol. The molecule has 8 heavy (non-hydrogen) atoms. The number of allylic oxidation sites excluding steroid dienone is 4. The molecule has 0 radical (unpaired) electrons. The Bertz CT molecular complexity index is 119. The summed E-state index contributed by atoms with van der Waals surface area (Å²) in [4.78, 5) is 0. The van der Waals surface area contributed by atoms with Gasteiger partial charge in [0.1, 0.15) is 0 Å². The Hall–Kier alpha value is 1.05. The minimum absolute atomic E-state index is 0. The van der Waals surface area contributed by atoms with Crippen LogP contribution in [0.5, 0.6) is 0 Å². The summed E-state index contributed by atoms with van der Waals surface area (Å²) in [6, 6.07) is 0. The third-order valence-corrected chi connectivity index (χ3v) is 1.30. The molecule has 0 spiro atoms. The van der Waals surface area contributed by atoms with E-state index < -0.39 is 0 Å². The van der Waals surface area contributed by atoms with Crippen LogP contribution in [0.3, 0.4) is 0 Å². The maximum Gasteiger partial charge on any atom is 2.00 e. The number of hydrogen-bond acceptors (Lipinski definition) is 0. The van der Waals surface area contributed by atoms with Crippen molar-refractivity contribution in [3.05, 3.63) is 23.8 Å². The smallest absolute Gasteiger partial charge is 1.00 e. The van der Waals surface area contributed by atoms with Crippen LogP contribution in [0.4, 0.5) is 0 Å². The van der Waals surface area contributed by atoms with Gasteiger partial charge in [-0.05, 0) is 12.8 Å². The first-order valence-electron chi connectivity index (χ1n) is 2.78. The Morgan fingerprint density at radius 1 is 1.75 bits per heavy atom. The van der Waals surface area contributed by atoms with Gasteiger partial charge >= 0.3 is 48.9 Å². The molecule has 42 valence electrons. The van der Waals surface area contributed by atoms with E-state index in [0.29, 0.717) is 0 Å². The molecule has 0 nitrogen and oxygen atoms in total. The zero-order valence-corrected chi connectivity index (χ0v) is 9.79. The second kappa shape index (κ2) is 4.89. The predicted octanol–water partition coefficient (Wildman–Crippen LogP) is 2.13.